The van der Waals surface area contributed by atoms with E-state index in [1.54, 1.807) is 16.9 Å². The van der Waals surface area contributed by atoms with Gasteiger partial charge in [0, 0.05) is 24.5 Å². The van der Waals surface area contributed by atoms with Crippen molar-refractivity contribution in [1.82, 2.24) is 15.1 Å². The summed E-state index contributed by atoms with van der Waals surface area (Å²) in [5, 5.41) is 7.35. The van der Waals surface area contributed by atoms with Crippen LogP contribution >= 0.6 is 0 Å². The van der Waals surface area contributed by atoms with Crippen LogP contribution in [0.5, 0.6) is 0 Å². The van der Waals surface area contributed by atoms with E-state index >= 15 is 0 Å². The van der Waals surface area contributed by atoms with Gasteiger partial charge in [-0.05, 0) is 31.2 Å². The molecule has 0 aliphatic carbocycles. The van der Waals surface area contributed by atoms with Crippen LogP contribution in [0.4, 0.5) is 4.39 Å². The minimum absolute atomic E-state index is 0.193. The number of halogens is 1. The summed E-state index contributed by atoms with van der Waals surface area (Å²) in [7, 11) is 0. The second-order valence-corrected chi connectivity index (χ2v) is 3.86. The second kappa shape index (κ2) is 5.59. The lowest BCUT2D eigenvalue weighted by molar-refractivity contribution is 0.582. The molecule has 0 spiro atoms. The van der Waals surface area contributed by atoms with Gasteiger partial charge in [0.05, 0.1) is 5.69 Å². The zero-order valence-corrected chi connectivity index (χ0v) is 9.86. The Morgan fingerprint density at radius 1 is 1.35 bits per heavy atom. The number of rotatable bonds is 5. The van der Waals surface area contributed by atoms with E-state index in [0.717, 1.165) is 18.7 Å². The van der Waals surface area contributed by atoms with Gasteiger partial charge in [-0.25, -0.2) is 9.07 Å². The van der Waals surface area contributed by atoms with Gasteiger partial charge in [-0.3, -0.25) is 0 Å². The fraction of sp³-hybridized carbons (Fsp3) is 0.308. The van der Waals surface area contributed by atoms with E-state index in [4.69, 9.17) is 0 Å². The molecule has 0 unspecified atom stereocenters. The fourth-order valence-electron chi connectivity index (χ4n) is 1.74. The lowest BCUT2D eigenvalue weighted by Gasteiger charge is -2.11. The third-order valence-corrected chi connectivity index (χ3v) is 2.57. The third kappa shape index (κ3) is 2.71. The molecule has 0 radical (unpaired) electrons. The topological polar surface area (TPSA) is 29.9 Å². The van der Waals surface area contributed by atoms with Crippen molar-refractivity contribution in [3.05, 3.63) is 48.0 Å². The Bertz CT molecular complexity index is 466. The summed E-state index contributed by atoms with van der Waals surface area (Å²) in [5.74, 6) is -0.193. The van der Waals surface area contributed by atoms with Crippen molar-refractivity contribution < 1.29 is 4.39 Å². The Kier molecular flexibility index (Phi) is 3.88. The van der Waals surface area contributed by atoms with Crippen molar-refractivity contribution in [2.75, 3.05) is 6.54 Å². The standard InChI is InChI=1S/C13H16FN3/c1-2-7-15-10-11-12(14)5-3-6-13(11)17-9-4-8-16-17/h3-6,8-9,15H,2,7,10H2,1H3. The summed E-state index contributed by atoms with van der Waals surface area (Å²) in [4.78, 5) is 0. The molecule has 1 heterocycles. The number of aromatic nitrogens is 2. The molecule has 3 nitrogen and oxygen atoms in total. The van der Waals surface area contributed by atoms with Crippen molar-refractivity contribution in [2.24, 2.45) is 0 Å². The molecule has 0 amide bonds. The first-order valence-electron chi connectivity index (χ1n) is 5.81. The van der Waals surface area contributed by atoms with Gasteiger partial charge in [0.15, 0.2) is 0 Å². The van der Waals surface area contributed by atoms with Crippen LogP contribution in [0.25, 0.3) is 5.69 Å². The normalized spacial score (nSPS) is 10.7. The van der Waals surface area contributed by atoms with Crippen molar-refractivity contribution in [1.29, 1.82) is 0 Å². The average Bonchev–Trinajstić information content (AvgIpc) is 2.85. The molecule has 1 aromatic carbocycles. The van der Waals surface area contributed by atoms with Gasteiger partial charge < -0.3 is 5.32 Å². The molecular formula is C13H16FN3. The highest BCUT2D eigenvalue weighted by Crippen LogP contribution is 2.17. The monoisotopic (exact) mass is 233 g/mol. The van der Waals surface area contributed by atoms with Crippen LogP contribution in [-0.2, 0) is 6.54 Å². The maximum atomic E-state index is 13.8. The van der Waals surface area contributed by atoms with E-state index in [1.165, 1.54) is 6.07 Å². The van der Waals surface area contributed by atoms with Gasteiger partial charge in [-0.2, -0.15) is 5.10 Å². The molecule has 0 atom stereocenters. The molecule has 0 saturated carbocycles. The summed E-state index contributed by atoms with van der Waals surface area (Å²) in [6.45, 7) is 3.49. The summed E-state index contributed by atoms with van der Waals surface area (Å²) in [6, 6.07) is 6.89. The highest BCUT2D eigenvalue weighted by molar-refractivity contribution is 5.41. The molecule has 2 aromatic rings. The minimum atomic E-state index is -0.193. The quantitative estimate of drug-likeness (QED) is 0.804. The van der Waals surface area contributed by atoms with Crippen LogP contribution < -0.4 is 5.32 Å². The molecule has 0 saturated heterocycles. The molecule has 1 N–H and O–H groups in total. The molecule has 17 heavy (non-hydrogen) atoms. The van der Waals surface area contributed by atoms with E-state index in [-0.39, 0.29) is 5.82 Å². The zero-order valence-electron chi connectivity index (χ0n) is 9.86. The molecule has 4 heteroatoms. The summed E-state index contributed by atoms with van der Waals surface area (Å²) < 4.78 is 15.5. The Morgan fingerprint density at radius 3 is 2.94 bits per heavy atom. The van der Waals surface area contributed by atoms with E-state index in [2.05, 4.69) is 17.3 Å². The lowest BCUT2D eigenvalue weighted by atomic mass is 10.1. The zero-order chi connectivity index (χ0) is 12.1. The van der Waals surface area contributed by atoms with Gasteiger partial charge in [-0.15, -0.1) is 0 Å². The average molecular weight is 233 g/mol. The SMILES string of the molecule is CCCNCc1c(F)cccc1-n1cccn1. The second-order valence-electron chi connectivity index (χ2n) is 3.86. The Morgan fingerprint density at radius 2 is 2.24 bits per heavy atom. The van der Waals surface area contributed by atoms with Crippen molar-refractivity contribution >= 4 is 0 Å². The maximum Gasteiger partial charge on any atom is 0.129 e. The van der Waals surface area contributed by atoms with E-state index in [9.17, 15) is 4.39 Å². The number of hydrogen-bond donors (Lipinski definition) is 1. The molecule has 1 aromatic heterocycles. The molecule has 90 valence electrons. The van der Waals surface area contributed by atoms with Gasteiger partial charge in [-0.1, -0.05) is 13.0 Å². The number of hydrogen-bond acceptors (Lipinski definition) is 2. The smallest absolute Gasteiger partial charge is 0.129 e. The van der Waals surface area contributed by atoms with Crippen LogP contribution in [0.2, 0.25) is 0 Å². The first-order chi connectivity index (χ1) is 8.33. The Labute approximate surface area is 100 Å². The maximum absolute atomic E-state index is 13.8. The Hall–Kier alpha value is -1.68. The van der Waals surface area contributed by atoms with Gasteiger partial charge in [0.1, 0.15) is 5.82 Å². The summed E-state index contributed by atoms with van der Waals surface area (Å²) >= 11 is 0. The highest BCUT2D eigenvalue weighted by atomic mass is 19.1. The van der Waals surface area contributed by atoms with E-state index in [1.807, 2.05) is 18.3 Å². The number of nitrogens with one attached hydrogen (secondary N) is 1. The Balaban J connectivity index is 2.28. The van der Waals surface area contributed by atoms with Crippen LogP contribution in [0, 0.1) is 5.82 Å². The first kappa shape index (κ1) is 11.8. The van der Waals surface area contributed by atoms with Crippen molar-refractivity contribution in [2.45, 2.75) is 19.9 Å². The fourth-order valence-corrected chi connectivity index (χ4v) is 1.74. The minimum Gasteiger partial charge on any atom is -0.312 e. The predicted octanol–water partition coefficient (Wildman–Crippen LogP) is 2.51. The molecule has 0 aliphatic heterocycles. The molecule has 0 aliphatic rings. The molecule has 0 bridgehead atoms. The molecule has 0 fully saturated rings. The van der Waals surface area contributed by atoms with E-state index in [0.29, 0.717) is 12.1 Å². The van der Waals surface area contributed by atoms with Crippen molar-refractivity contribution in [3.63, 3.8) is 0 Å². The number of benzene rings is 1. The largest absolute Gasteiger partial charge is 0.312 e. The van der Waals surface area contributed by atoms with Gasteiger partial charge >= 0.3 is 0 Å². The highest BCUT2D eigenvalue weighted by Gasteiger charge is 2.09. The van der Waals surface area contributed by atoms with Crippen LogP contribution in [0.3, 0.4) is 0 Å². The van der Waals surface area contributed by atoms with Gasteiger partial charge in [0.25, 0.3) is 0 Å². The summed E-state index contributed by atoms with van der Waals surface area (Å²) in [5.41, 5.74) is 1.45. The third-order valence-electron chi connectivity index (χ3n) is 2.57. The predicted molar refractivity (Wildman–Crippen MR) is 65.5 cm³/mol. The van der Waals surface area contributed by atoms with Gasteiger partial charge in [0.2, 0.25) is 0 Å². The lowest BCUT2D eigenvalue weighted by Crippen LogP contribution is -2.17. The molecule has 2 rings (SSSR count). The van der Waals surface area contributed by atoms with Crippen molar-refractivity contribution in [3.8, 4) is 5.69 Å². The van der Waals surface area contributed by atoms with Crippen LogP contribution in [-0.4, -0.2) is 16.3 Å². The van der Waals surface area contributed by atoms with E-state index < -0.39 is 0 Å². The first-order valence-corrected chi connectivity index (χ1v) is 5.81. The van der Waals surface area contributed by atoms with Crippen LogP contribution in [0.1, 0.15) is 18.9 Å². The summed E-state index contributed by atoms with van der Waals surface area (Å²) in [6.07, 6.45) is 4.54. The molecular weight excluding hydrogens is 217 g/mol. The van der Waals surface area contributed by atoms with Crippen LogP contribution in [0.15, 0.2) is 36.7 Å². The number of nitrogens with zero attached hydrogens (tertiary/aromatic N) is 2.